The molecule has 8 N–H and O–H groups in total. The van der Waals surface area contributed by atoms with Gasteiger partial charge in [0.05, 0.1) is 37.6 Å². The lowest BCUT2D eigenvalue weighted by Crippen LogP contribution is -2.64. The van der Waals surface area contributed by atoms with Crippen LogP contribution in [0.25, 0.3) is 0 Å². The molecule has 17 heteroatoms. The largest absolute Gasteiger partial charge is 0.481 e. The fourth-order valence-corrected chi connectivity index (χ4v) is 6.87. The molecule has 0 unspecified atom stereocenters. The number of aliphatic carboxylic acids is 1. The minimum Gasteiger partial charge on any atom is -0.481 e. The van der Waals surface area contributed by atoms with E-state index in [1.165, 1.54) is 6.92 Å². The summed E-state index contributed by atoms with van der Waals surface area (Å²) < 4.78 is 0. The van der Waals surface area contributed by atoms with E-state index >= 15 is 0 Å². The van der Waals surface area contributed by atoms with Gasteiger partial charge in [0.2, 0.25) is 35.4 Å². The standard InChI is InChI=1S/C38H57N7O10/c1-20(2)14-24-17-26(47)19-39-29(48)16-23-10-8-11-25(15-23)41-35(53)28-12-9-13-45(28)32(37(55)44-38(5,6)7)21(3)40-36(54)31(22(4)46)43-34(52)27(18-30(49)50)42-33(24)51/h8,10-11,15,20-22,24,27-28,31-32,46H,9,12-14,16-19H2,1-7H3,(H,39,48)(H,40,54)(H,41,53)(H,42,51)(H,43,52)(H,44,55)(H,49,50)/t21-,22+,24+,27-,28-,31-,32-/m0/s1. The normalized spacial score (nSPS) is 26.3. The number of ketones is 1. The van der Waals surface area contributed by atoms with Crippen LogP contribution in [-0.4, -0.2) is 117 Å². The first-order valence-corrected chi connectivity index (χ1v) is 18.7. The smallest absolute Gasteiger partial charge is 0.305 e. The molecule has 0 radical (unpaired) electrons. The number of carboxylic acids is 1. The average Bonchev–Trinajstić information content (AvgIpc) is 3.53. The molecule has 55 heavy (non-hydrogen) atoms. The van der Waals surface area contributed by atoms with E-state index in [4.69, 9.17) is 0 Å². The van der Waals surface area contributed by atoms with Gasteiger partial charge in [0.15, 0.2) is 5.78 Å². The van der Waals surface area contributed by atoms with E-state index in [1.807, 2.05) is 13.8 Å². The van der Waals surface area contributed by atoms with Gasteiger partial charge in [-0.05, 0) is 84.0 Å². The number of nitrogens with one attached hydrogen (secondary N) is 6. The summed E-state index contributed by atoms with van der Waals surface area (Å²) in [6, 6.07) is 0.414. The molecule has 1 fully saturated rings. The lowest BCUT2D eigenvalue weighted by molar-refractivity contribution is -0.142. The number of hydrogen-bond acceptors (Lipinski definition) is 10. The minimum atomic E-state index is -1.70. The van der Waals surface area contributed by atoms with E-state index in [-0.39, 0.29) is 31.7 Å². The first kappa shape index (κ1) is 44.5. The van der Waals surface area contributed by atoms with Crippen LogP contribution in [0.15, 0.2) is 24.3 Å². The van der Waals surface area contributed by atoms with Gasteiger partial charge in [-0.3, -0.25) is 43.3 Å². The summed E-state index contributed by atoms with van der Waals surface area (Å²) in [5, 5.41) is 36.1. The van der Waals surface area contributed by atoms with E-state index in [1.54, 1.807) is 56.9 Å². The predicted molar refractivity (Wildman–Crippen MR) is 201 cm³/mol. The summed E-state index contributed by atoms with van der Waals surface area (Å²) in [6.45, 7) is 11.7. The second-order valence-corrected chi connectivity index (χ2v) is 16.0. The van der Waals surface area contributed by atoms with Crippen molar-refractivity contribution in [3.8, 4) is 0 Å². The SMILES string of the molecule is CC(C)C[C@@H]1CC(=O)CNC(=O)Cc2cccc(c2)NC(=O)[C@@H]2CCCN2[C@H](C(=O)NC(C)(C)C)[C@H](C)NC(=O)[C@H]([C@@H](C)O)NC(=O)[C@H](CC(=O)O)NC1=O. The van der Waals surface area contributed by atoms with Gasteiger partial charge >= 0.3 is 5.97 Å². The number of amides is 6. The Morgan fingerprint density at radius 1 is 0.964 bits per heavy atom. The van der Waals surface area contributed by atoms with Gasteiger partial charge in [0, 0.05) is 23.6 Å². The van der Waals surface area contributed by atoms with Crippen LogP contribution < -0.4 is 31.9 Å². The molecule has 0 aliphatic carbocycles. The highest BCUT2D eigenvalue weighted by Crippen LogP contribution is 2.25. The van der Waals surface area contributed by atoms with Crippen molar-refractivity contribution >= 4 is 52.9 Å². The van der Waals surface area contributed by atoms with Crippen molar-refractivity contribution in [2.24, 2.45) is 11.8 Å². The van der Waals surface area contributed by atoms with Gasteiger partial charge in [0.25, 0.3) is 0 Å². The fourth-order valence-electron chi connectivity index (χ4n) is 6.87. The summed E-state index contributed by atoms with van der Waals surface area (Å²) in [7, 11) is 0. The average molecular weight is 772 g/mol. The Morgan fingerprint density at radius 3 is 2.27 bits per heavy atom. The molecular weight excluding hydrogens is 714 g/mol. The Balaban J connectivity index is 2.06. The third-order valence-electron chi connectivity index (χ3n) is 9.28. The molecule has 2 bridgehead atoms. The van der Waals surface area contributed by atoms with Crippen LogP contribution in [0, 0.1) is 11.8 Å². The maximum Gasteiger partial charge on any atom is 0.305 e. The third-order valence-corrected chi connectivity index (χ3v) is 9.28. The zero-order valence-electron chi connectivity index (χ0n) is 32.7. The first-order chi connectivity index (χ1) is 25.6. The highest BCUT2D eigenvalue weighted by atomic mass is 16.4. The molecule has 1 aromatic rings. The van der Waals surface area contributed by atoms with Crippen molar-refractivity contribution in [3.63, 3.8) is 0 Å². The van der Waals surface area contributed by atoms with Gasteiger partial charge in [-0.2, -0.15) is 0 Å². The molecule has 6 amide bonds. The lowest BCUT2D eigenvalue weighted by atomic mass is 9.91. The lowest BCUT2D eigenvalue weighted by Gasteiger charge is -2.37. The number of hydrogen-bond donors (Lipinski definition) is 8. The van der Waals surface area contributed by atoms with E-state index in [0.29, 0.717) is 30.6 Å². The topological polar surface area (TPSA) is 252 Å². The first-order valence-electron chi connectivity index (χ1n) is 18.7. The Labute approximate surface area is 321 Å². The molecule has 0 aromatic heterocycles. The Bertz CT molecular complexity index is 1610. The second kappa shape index (κ2) is 19.6. The van der Waals surface area contributed by atoms with Crippen LogP contribution in [0.4, 0.5) is 5.69 Å². The monoisotopic (exact) mass is 771 g/mol. The Morgan fingerprint density at radius 2 is 1.65 bits per heavy atom. The molecule has 3 rings (SSSR count). The molecule has 2 aliphatic heterocycles. The summed E-state index contributed by atoms with van der Waals surface area (Å²) in [6.07, 6.45) is -1.68. The number of Topliss-reactive ketones (excluding diaryl/α,β-unsaturated/α-hetero) is 1. The number of carbonyl (C=O) groups excluding carboxylic acids is 7. The van der Waals surface area contributed by atoms with Crippen molar-refractivity contribution < 1.29 is 48.6 Å². The number of carbonyl (C=O) groups is 8. The molecular formula is C38H57N7O10. The summed E-state index contributed by atoms with van der Waals surface area (Å²) in [5.41, 5.74) is 0.265. The second-order valence-electron chi connectivity index (χ2n) is 16.0. The molecule has 0 spiro atoms. The number of aliphatic hydroxyl groups excluding tert-OH is 1. The van der Waals surface area contributed by atoms with E-state index in [9.17, 15) is 48.6 Å². The molecule has 2 aliphatic rings. The Hall–Kier alpha value is -4.90. The van der Waals surface area contributed by atoms with Crippen molar-refractivity contribution in [1.82, 2.24) is 31.5 Å². The number of fused-ring (bicyclic) bond motifs is 3. The van der Waals surface area contributed by atoms with E-state index in [2.05, 4.69) is 31.9 Å². The molecule has 1 aromatic carbocycles. The van der Waals surface area contributed by atoms with Gasteiger partial charge < -0.3 is 42.1 Å². The predicted octanol–water partition coefficient (Wildman–Crippen LogP) is -0.00360. The molecule has 7 atom stereocenters. The molecule has 304 valence electrons. The van der Waals surface area contributed by atoms with E-state index in [0.717, 1.165) is 0 Å². The quantitative estimate of drug-likeness (QED) is 0.191. The number of rotatable bonds is 6. The maximum absolute atomic E-state index is 13.9. The van der Waals surface area contributed by atoms with E-state index < -0.39 is 101 Å². The maximum atomic E-state index is 13.9. The highest BCUT2D eigenvalue weighted by molar-refractivity contribution is 5.98. The van der Waals surface area contributed by atoms with Crippen LogP contribution >= 0.6 is 0 Å². The third kappa shape index (κ3) is 13.7. The number of aliphatic hydroxyl groups is 1. The number of nitrogens with zero attached hydrogens (tertiary/aromatic N) is 1. The number of carboxylic acid groups (broad SMARTS) is 1. The number of benzene rings is 1. The van der Waals surface area contributed by atoms with Crippen LogP contribution in [0.5, 0.6) is 0 Å². The summed E-state index contributed by atoms with van der Waals surface area (Å²) >= 11 is 0. The summed E-state index contributed by atoms with van der Waals surface area (Å²) in [5.74, 6) is -7.12. The molecule has 17 nitrogen and oxygen atoms in total. The summed E-state index contributed by atoms with van der Waals surface area (Å²) in [4.78, 5) is 108. The zero-order valence-corrected chi connectivity index (χ0v) is 32.7. The minimum absolute atomic E-state index is 0.0834. The molecule has 0 saturated carbocycles. The van der Waals surface area contributed by atoms with Crippen molar-refractivity contribution in [2.45, 2.75) is 129 Å². The van der Waals surface area contributed by atoms with Gasteiger partial charge in [-0.1, -0.05) is 26.0 Å². The molecule has 2 heterocycles. The van der Waals surface area contributed by atoms with Crippen LogP contribution in [0.2, 0.25) is 0 Å². The zero-order chi connectivity index (χ0) is 41.2. The van der Waals surface area contributed by atoms with Crippen molar-refractivity contribution in [2.75, 3.05) is 18.4 Å². The van der Waals surface area contributed by atoms with Gasteiger partial charge in [-0.15, -0.1) is 0 Å². The van der Waals surface area contributed by atoms with Crippen LogP contribution in [0.1, 0.15) is 86.1 Å². The van der Waals surface area contributed by atoms with Crippen LogP contribution in [-0.2, 0) is 44.8 Å². The van der Waals surface area contributed by atoms with Gasteiger partial charge in [0.1, 0.15) is 18.1 Å². The Kier molecular flexibility index (Phi) is 15.9. The van der Waals surface area contributed by atoms with Gasteiger partial charge in [-0.25, -0.2) is 0 Å². The number of anilines is 1. The highest BCUT2D eigenvalue weighted by Gasteiger charge is 2.43. The van der Waals surface area contributed by atoms with Crippen LogP contribution in [0.3, 0.4) is 0 Å². The molecule has 1 saturated heterocycles. The van der Waals surface area contributed by atoms with Crippen molar-refractivity contribution in [1.29, 1.82) is 0 Å². The fraction of sp³-hybridized carbons (Fsp3) is 0.632. The van der Waals surface area contributed by atoms with Crippen molar-refractivity contribution in [3.05, 3.63) is 29.8 Å².